The normalized spacial score (nSPS) is 17.5. The van der Waals surface area contributed by atoms with Crippen molar-refractivity contribution in [1.29, 1.82) is 0 Å². The second-order valence-corrected chi connectivity index (χ2v) is 4.91. The summed E-state index contributed by atoms with van der Waals surface area (Å²) in [5, 5.41) is 11.6. The van der Waals surface area contributed by atoms with E-state index in [1.165, 1.54) is 17.5 Å². The van der Waals surface area contributed by atoms with E-state index in [1.54, 1.807) is 5.51 Å². The van der Waals surface area contributed by atoms with E-state index in [0.29, 0.717) is 4.88 Å². The minimum Gasteiger partial charge on any atom is -0.481 e. The Balaban J connectivity index is 2.02. The summed E-state index contributed by atoms with van der Waals surface area (Å²) in [6, 6.07) is 0. The van der Waals surface area contributed by atoms with Gasteiger partial charge in [-0.1, -0.05) is 0 Å². The van der Waals surface area contributed by atoms with Gasteiger partial charge in [0.15, 0.2) is 0 Å². The van der Waals surface area contributed by atoms with Gasteiger partial charge in [-0.15, -0.1) is 11.3 Å². The van der Waals surface area contributed by atoms with Crippen LogP contribution in [0.4, 0.5) is 0 Å². The molecule has 0 bridgehead atoms. The molecule has 0 atom stereocenters. The molecule has 1 aliphatic carbocycles. The number of nitrogens with zero attached hydrogens (tertiary/aromatic N) is 1. The van der Waals surface area contributed by atoms with Crippen molar-refractivity contribution in [2.24, 2.45) is 0 Å². The predicted molar refractivity (Wildman–Crippen MR) is 58.4 cm³/mol. The Bertz CT molecular complexity index is 398. The van der Waals surface area contributed by atoms with E-state index >= 15 is 0 Å². The number of carboxylic acids is 1. The van der Waals surface area contributed by atoms with Crippen LogP contribution in [0.15, 0.2) is 11.7 Å². The molecule has 0 aliphatic heterocycles. The van der Waals surface area contributed by atoms with Gasteiger partial charge in [-0.3, -0.25) is 14.6 Å². The van der Waals surface area contributed by atoms with E-state index in [9.17, 15) is 9.59 Å². The molecule has 2 rings (SSSR count). The van der Waals surface area contributed by atoms with Crippen LogP contribution in [0.5, 0.6) is 0 Å². The lowest BCUT2D eigenvalue weighted by molar-refractivity contribution is -0.139. The first kappa shape index (κ1) is 11.1. The molecule has 0 aromatic carbocycles. The molecule has 5 nitrogen and oxygen atoms in total. The molecule has 6 heteroatoms. The van der Waals surface area contributed by atoms with Crippen molar-refractivity contribution in [3.05, 3.63) is 16.6 Å². The molecule has 0 saturated heterocycles. The summed E-state index contributed by atoms with van der Waals surface area (Å²) in [7, 11) is 0. The first-order valence-electron chi connectivity index (χ1n) is 5.04. The molecular formula is C10H12N2O3S. The zero-order valence-corrected chi connectivity index (χ0v) is 9.42. The Morgan fingerprint density at radius 2 is 2.31 bits per heavy atom. The van der Waals surface area contributed by atoms with Crippen LogP contribution in [-0.4, -0.2) is 27.5 Å². The van der Waals surface area contributed by atoms with Gasteiger partial charge in [0, 0.05) is 0 Å². The number of rotatable bonds is 4. The lowest BCUT2D eigenvalue weighted by Crippen LogP contribution is -2.54. The van der Waals surface area contributed by atoms with Gasteiger partial charge in [-0.25, -0.2) is 0 Å². The molecule has 0 unspecified atom stereocenters. The van der Waals surface area contributed by atoms with Gasteiger partial charge >= 0.3 is 5.97 Å². The molecule has 1 heterocycles. The van der Waals surface area contributed by atoms with Crippen LogP contribution in [-0.2, 0) is 4.79 Å². The third-order valence-corrected chi connectivity index (χ3v) is 3.61. The average Bonchev–Trinajstić information content (AvgIpc) is 2.66. The minimum atomic E-state index is -0.871. The molecule has 1 saturated carbocycles. The van der Waals surface area contributed by atoms with Gasteiger partial charge in [-0.05, 0) is 19.3 Å². The zero-order chi connectivity index (χ0) is 11.6. The number of hydrogen-bond acceptors (Lipinski definition) is 4. The van der Waals surface area contributed by atoms with Crippen LogP contribution in [0.3, 0.4) is 0 Å². The maximum atomic E-state index is 11.8. The van der Waals surface area contributed by atoms with Crippen molar-refractivity contribution in [3.8, 4) is 0 Å². The number of hydrogen-bond donors (Lipinski definition) is 2. The van der Waals surface area contributed by atoms with E-state index in [2.05, 4.69) is 10.3 Å². The van der Waals surface area contributed by atoms with E-state index < -0.39 is 11.5 Å². The summed E-state index contributed by atoms with van der Waals surface area (Å²) >= 11 is 1.25. The summed E-state index contributed by atoms with van der Waals surface area (Å²) in [4.78, 5) is 26.8. The van der Waals surface area contributed by atoms with Gasteiger partial charge in [0.05, 0.1) is 23.7 Å². The van der Waals surface area contributed by atoms with Gasteiger partial charge in [0.1, 0.15) is 4.88 Å². The number of carbonyl (C=O) groups excluding carboxylic acids is 1. The number of carbonyl (C=O) groups is 2. The summed E-state index contributed by atoms with van der Waals surface area (Å²) in [6.07, 6.45) is 3.94. The highest BCUT2D eigenvalue weighted by atomic mass is 32.1. The van der Waals surface area contributed by atoms with Crippen molar-refractivity contribution in [3.63, 3.8) is 0 Å². The van der Waals surface area contributed by atoms with Crippen LogP contribution in [0, 0.1) is 0 Å². The molecule has 1 fully saturated rings. The number of nitrogens with one attached hydrogen (secondary N) is 1. The Morgan fingerprint density at radius 3 is 2.75 bits per heavy atom. The Kier molecular flexibility index (Phi) is 2.91. The first-order valence-corrected chi connectivity index (χ1v) is 5.92. The highest BCUT2D eigenvalue weighted by molar-refractivity contribution is 7.11. The Hall–Kier alpha value is -1.43. The molecule has 0 radical (unpaired) electrons. The third kappa shape index (κ3) is 2.21. The molecule has 1 aromatic heterocycles. The summed E-state index contributed by atoms with van der Waals surface area (Å²) in [6.45, 7) is 0. The van der Waals surface area contributed by atoms with Crippen molar-refractivity contribution in [1.82, 2.24) is 10.3 Å². The molecule has 16 heavy (non-hydrogen) atoms. The third-order valence-electron chi connectivity index (χ3n) is 2.84. The summed E-state index contributed by atoms with van der Waals surface area (Å²) < 4.78 is 0. The van der Waals surface area contributed by atoms with Crippen molar-refractivity contribution < 1.29 is 14.7 Å². The fourth-order valence-electron chi connectivity index (χ4n) is 1.87. The Morgan fingerprint density at radius 1 is 1.56 bits per heavy atom. The lowest BCUT2D eigenvalue weighted by Gasteiger charge is -2.41. The monoisotopic (exact) mass is 240 g/mol. The van der Waals surface area contributed by atoms with Gasteiger partial charge in [-0.2, -0.15) is 0 Å². The van der Waals surface area contributed by atoms with E-state index in [1.807, 2.05) is 0 Å². The van der Waals surface area contributed by atoms with Crippen LogP contribution >= 0.6 is 11.3 Å². The molecule has 2 N–H and O–H groups in total. The standard InChI is InChI=1S/C10H12N2O3S/c13-8(14)4-10(2-1-3-10)12-9(15)7-5-11-6-16-7/h5-6H,1-4H2,(H,12,15)(H,13,14). The second-order valence-electron chi connectivity index (χ2n) is 4.02. The fourth-order valence-corrected chi connectivity index (χ4v) is 2.38. The van der Waals surface area contributed by atoms with Crippen molar-refractivity contribution >= 4 is 23.2 Å². The van der Waals surface area contributed by atoms with Crippen LogP contribution in [0.1, 0.15) is 35.4 Å². The largest absolute Gasteiger partial charge is 0.481 e. The molecular weight excluding hydrogens is 228 g/mol. The van der Waals surface area contributed by atoms with Crippen molar-refractivity contribution in [2.45, 2.75) is 31.2 Å². The fraction of sp³-hybridized carbons (Fsp3) is 0.500. The quantitative estimate of drug-likeness (QED) is 0.830. The smallest absolute Gasteiger partial charge is 0.305 e. The number of thiazole rings is 1. The molecule has 1 aromatic rings. The predicted octanol–water partition coefficient (Wildman–Crippen LogP) is 1.27. The molecule has 86 valence electrons. The highest BCUT2D eigenvalue weighted by Gasteiger charge is 2.40. The first-order chi connectivity index (χ1) is 7.61. The van der Waals surface area contributed by atoms with Gasteiger partial charge < -0.3 is 10.4 Å². The average molecular weight is 240 g/mol. The summed E-state index contributed by atoms with van der Waals surface area (Å²) in [5.41, 5.74) is 1.05. The number of amides is 1. The number of aliphatic carboxylic acids is 1. The number of carboxylic acid groups (broad SMARTS) is 1. The van der Waals surface area contributed by atoms with E-state index in [0.717, 1.165) is 19.3 Å². The maximum absolute atomic E-state index is 11.8. The van der Waals surface area contributed by atoms with Gasteiger partial charge in [0.25, 0.3) is 5.91 Å². The highest BCUT2D eigenvalue weighted by Crippen LogP contribution is 2.35. The zero-order valence-electron chi connectivity index (χ0n) is 8.60. The number of aromatic nitrogens is 1. The molecule has 1 aliphatic rings. The SMILES string of the molecule is O=C(O)CC1(NC(=O)c2cncs2)CCC1. The van der Waals surface area contributed by atoms with Crippen LogP contribution < -0.4 is 5.32 Å². The molecule has 1 amide bonds. The van der Waals surface area contributed by atoms with E-state index in [-0.39, 0.29) is 12.3 Å². The topological polar surface area (TPSA) is 79.3 Å². The van der Waals surface area contributed by atoms with Crippen molar-refractivity contribution in [2.75, 3.05) is 0 Å². The molecule has 0 spiro atoms. The minimum absolute atomic E-state index is 0.00244. The van der Waals surface area contributed by atoms with Crippen LogP contribution in [0.2, 0.25) is 0 Å². The van der Waals surface area contributed by atoms with Crippen LogP contribution in [0.25, 0.3) is 0 Å². The Labute approximate surface area is 96.5 Å². The van der Waals surface area contributed by atoms with E-state index in [4.69, 9.17) is 5.11 Å². The lowest BCUT2D eigenvalue weighted by atomic mass is 9.74. The second kappa shape index (κ2) is 4.21. The van der Waals surface area contributed by atoms with Gasteiger partial charge in [0.2, 0.25) is 0 Å². The maximum Gasteiger partial charge on any atom is 0.305 e. The summed E-state index contributed by atoms with van der Waals surface area (Å²) in [5.74, 6) is -1.09.